The topological polar surface area (TPSA) is 32.5 Å². The zero-order chi connectivity index (χ0) is 17.1. The standard InChI is InChI=1S/C20H23N3O/c1-6-14-8-10-16-15-9-7-13(2)17(18(15)24-19(16)21-14)23-12-11-22(5)20(23,3)4/h7-12H,6H2,1-5H3. The lowest BCUT2D eigenvalue weighted by Gasteiger charge is -2.38. The van der Waals surface area contributed by atoms with Gasteiger partial charge in [0.05, 0.1) is 5.69 Å². The summed E-state index contributed by atoms with van der Waals surface area (Å²) < 4.78 is 6.24. The van der Waals surface area contributed by atoms with E-state index in [0.29, 0.717) is 0 Å². The van der Waals surface area contributed by atoms with Crippen LogP contribution in [-0.2, 0) is 6.42 Å². The average Bonchev–Trinajstić information content (AvgIpc) is 3.05. The fourth-order valence-corrected chi connectivity index (χ4v) is 3.39. The molecule has 0 atom stereocenters. The summed E-state index contributed by atoms with van der Waals surface area (Å²) in [5, 5.41) is 2.21. The molecule has 124 valence electrons. The Morgan fingerprint density at radius 1 is 1.08 bits per heavy atom. The van der Waals surface area contributed by atoms with Crippen LogP contribution >= 0.6 is 0 Å². The zero-order valence-corrected chi connectivity index (χ0v) is 14.9. The molecule has 3 aromatic rings. The van der Waals surface area contributed by atoms with E-state index in [1.54, 1.807) is 0 Å². The van der Waals surface area contributed by atoms with Crippen molar-refractivity contribution < 1.29 is 4.42 Å². The number of furan rings is 1. The molecule has 0 N–H and O–H groups in total. The molecule has 0 unspecified atom stereocenters. The molecule has 0 saturated heterocycles. The molecule has 4 heteroatoms. The number of rotatable bonds is 2. The maximum absolute atomic E-state index is 6.24. The lowest BCUT2D eigenvalue weighted by atomic mass is 10.1. The number of benzene rings is 1. The molecule has 0 bridgehead atoms. The molecule has 0 aliphatic carbocycles. The predicted molar refractivity (Wildman–Crippen MR) is 99.1 cm³/mol. The van der Waals surface area contributed by atoms with E-state index in [0.717, 1.165) is 39.9 Å². The fourth-order valence-electron chi connectivity index (χ4n) is 3.39. The smallest absolute Gasteiger partial charge is 0.227 e. The van der Waals surface area contributed by atoms with E-state index >= 15 is 0 Å². The van der Waals surface area contributed by atoms with Crippen LogP contribution in [0.5, 0.6) is 0 Å². The van der Waals surface area contributed by atoms with E-state index in [4.69, 9.17) is 4.42 Å². The van der Waals surface area contributed by atoms with E-state index in [1.807, 2.05) is 0 Å². The maximum atomic E-state index is 6.24. The molecule has 0 amide bonds. The quantitative estimate of drug-likeness (QED) is 0.678. The van der Waals surface area contributed by atoms with E-state index in [1.165, 1.54) is 5.56 Å². The van der Waals surface area contributed by atoms with Gasteiger partial charge >= 0.3 is 0 Å². The minimum atomic E-state index is -0.139. The second-order valence-corrected chi connectivity index (χ2v) is 6.99. The second-order valence-electron chi connectivity index (χ2n) is 6.99. The van der Waals surface area contributed by atoms with Crippen LogP contribution in [0.4, 0.5) is 5.69 Å². The number of hydrogen-bond acceptors (Lipinski definition) is 4. The molecule has 1 aliphatic rings. The number of fused-ring (bicyclic) bond motifs is 3. The Morgan fingerprint density at radius 3 is 2.50 bits per heavy atom. The molecule has 0 fully saturated rings. The third-order valence-corrected chi connectivity index (χ3v) is 5.24. The van der Waals surface area contributed by atoms with Crippen molar-refractivity contribution in [2.45, 2.75) is 39.8 Å². The summed E-state index contributed by atoms with van der Waals surface area (Å²) in [6.07, 6.45) is 5.14. The Bertz CT molecular complexity index is 968. The summed E-state index contributed by atoms with van der Waals surface area (Å²) in [6, 6.07) is 8.53. The Morgan fingerprint density at radius 2 is 1.83 bits per heavy atom. The lowest BCUT2D eigenvalue weighted by molar-refractivity contribution is 0.253. The lowest BCUT2D eigenvalue weighted by Crippen LogP contribution is -2.46. The normalized spacial score (nSPS) is 16.7. The van der Waals surface area contributed by atoms with Gasteiger partial charge in [0.2, 0.25) is 5.71 Å². The number of pyridine rings is 1. The van der Waals surface area contributed by atoms with Crippen LogP contribution in [0.3, 0.4) is 0 Å². The zero-order valence-electron chi connectivity index (χ0n) is 14.9. The first-order valence-electron chi connectivity index (χ1n) is 8.46. The highest BCUT2D eigenvalue weighted by atomic mass is 16.3. The molecule has 24 heavy (non-hydrogen) atoms. The van der Waals surface area contributed by atoms with Gasteiger partial charge in [-0.25, -0.2) is 4.98 Å². The molecule has 1 aromatic carbocycles. The van der Waals surface area contributed by atoms with E-state index in [-0.39, 0.29) is 5.66 Å². The minimum absolute atomic E-state index is 0.139. The Labute approximate surface area is 142 Å². The SMILES string of the molecule is CCc1ccc2c(n1)oc1c(N3C=CN(C)C3(C)C)c(C)ccc12. The summed E-state index contributed by atoms with van der Waals surface area (Å²) in [4.78, 5) is 9.16. The molecule has 2 aromatic heterocycles. The second kappa shape index (κ2) is 5.00. The van der Waals surface area contributed by atoms with Gasteiger partial charge in [-0.3, -0.25) is 0 Å². The van der Waals surface area contributed by atoms with E-state index in [9.17, 15) is 0 Å². The van der Waals surface area contributed by atoms with Crippen molar-refractivity contribution in [2.24, 2.45) is 0 Å². The Hall–Kier alpha value is -2.49. The van der Waals surface area contributed by atoms with Crippen LogP contribution in [0.15, 0.2) is 41.1 Å². The molecular formula is C20H23N3O. The van der Waals surface area contributed by atoms with Gasteiger partial charge in [-0.15, -0.1) is 0 Å². The molecule has 4 rings (SSSR count). The summed E-state index contributed by atoms with van der Waals surface area (Å²) in [7, 11) is 2.10. The fraction of sp³-hybridized carbons (Fsp3) is 0.350. The van der Waals surface area contributed by atoms with Crippen molar-refractivity contribution >= 4 is 27.8 Å². The molecular weight excluding hydrogens is 298 g/mol. The maximum Gasteiger partial charge on any atom is 0.227 e. The van der Waals surface area contributed by atoms with Crippen molar-refractivity contribution in [1.82, 2.24) is 9.88 Å². The van der Waals surface area contributed by atoms with Gasteiger partial charge < -0.3 is 14.2 Å². The van der Waals surface area contributed by atoms with Crippen LogP contribution in [0.2, 0.25) is 0 Å². The van der Waals surface area contributed by atoms with Gasteiger partial charge in [-0.1, -0.05) is 19.1 Å². The predicted octanol–water partition coefficient (Wildman–Crippen LogP) is 4.81. The molecule has 4 nitrogen and oxygen atoms in total. The van der Waals surface area contributed by atoms with Crippen molar-refractivity contribution in [3.8, 4) is 0 Å². The number of aromatic nitrogens is 1. The molecule has 1 aliphatic heterocycles. The van der Waals surface area contributed by atoms with Crippen molar-refractivity contribution in [3.05, 3.63) is 47.9 Å². The van der Waals surface area contributed by atoms with Gasteiger partial charge in [-0.2, -0.15) is 0 Å². The Balaban J connectivity index is 2.02. The van der Waals surface area contributed by atoms with Gasteiger partial charge in [-0.05, 0) is 44.9 Å². The average molecular weight is 321 g/mol. The molecule has 0 radical (unpaired) electrons. The third kappa shape index (κ3) is 1.95. The largest absolute Gasteiger partial charge is 0.435 e. The number of anilines is 1. The van der Waals surface area contributed by atoms with E-state index < -0.39 is 0 Å². The Kier molecular flexibility index (Phi) is 3.14. The molecule has 3 heterocycles. The molecule has 0 spiro atoms. The first-order valence-corrected chi connectivity index (χ1v) is 8.46. The summed E-state index contributed by atoms with van der Waals surface area (Å²) in [5.74, 6) is 0. The van der Waals surface area contributed by atoms with Gasteiger partial charge in [0.15, 0.2) is 5.58 Å². The summed E-state index contributed by atoms with van der Waals surface area (Å²) in [6.45, 7) is 8.66. The summed E-state index contributed by atoms with van der Waals surface area (Å²) in [5.41, 5.74) is 4.88. The monoisotopic (exact) mass is 321 g/mol. The summed E-state index contributed by atoms with van der Waals surface area (Å²) >= 11 is 0. The van der Waals surface area contributed by atoms with Crippen molar-refractivity contribution in [2.75, 3.05) is 11.9 Å². The highest BCUT2D eigenvalue weighted by molar-refractivity contribution is 6.08. The van der Waals surface area contributed by atoms with Crippen LogP contribution in [-0.4, -0.2) is 22.6 Å². The van der Waals surface area contributed by atoms with Crippen LogP contribution in [0.25, 0.3) is 22.1 Å². The first kappa shape index (κ1) is 15.1. The highest BCUT2D eigenvalue weighted by Crippen LogP contribution is 2.41. The van der Waals surface area contributed by atoms with Gasteiger partial charge in [0, 0.05) is 35.9 Å². The van der Waals surface area contributed by atoms with Crippen molar-refractivity contribution in [3.63, 3.8) is 0 Å². The number of aryl methyl sites for hydroxylation is 2. The van der Waals surface area contributed by atoms with Crippen LogP contribution in [0, 0.1) is 6.92 Å². The van der Waals surface area contributed by atoms with Crippen molar-refractivity contribution in [1.29, 1.82) is 0 Å². The van der Waals surface area contributed by atoms with Gasteiger partial charge in [0.25, 0.3) is 0 Å². The number of nitrogens with zero attached hydrogens (tertiary/aromatic N) is 3. The highest BCUT2D eigenvalue weighted by Gasteiger charge is 2.35. The third-order valence-electron chi connectivity index (χ3n) is 5.24. The van der Waals surface area contributed by atoms with Crippen LogP contribution in [0.1, 0.15) is 32.0 Å². The molecule has 0 saturated carbocycles. The number of hydrogen-bond donors (Lipinski definition) is 0. The minimum Gasteiger partial charge on any atom is -0.435 e. The van der Waals surface area contributed by atoms with Crippen LogP contribution < -0.4 is 4.90 Å². The van der Waals surface area contributed by atoms with Gasteiger partial charge in [0.1, 0.15) is 5.66 Å². The van der Waals surface area contributed by atoms with E-state index in [2.05, 4.69) is 86.2 Å². The first-order chi connectivity index (χ1) is 11.4.